The van der Waals surface area contributed by atoms with Crippen LogP contribution in [-0.2, 0) is 17.4 Å². The van der Waals surface area contributed by atoms with E-state index in [2.05, 4.69) is 11.3 Å². The third-order valence-corrected chi connectivity index (χ3v) is 4.59. The highest BCUT2D eigenvalue weighted by Gasteiger charge is 2.22. The second kappa shape index (κ2) is 7.22. The van der Waals surface area contributed by atoms with Crippen molar-refractivity contribution in [3.63, 3.8) is 0 Å². The Kier molecular flexibility index (Phi) is 6.24. The van der Waals surface area contributed by atoms with E-state index in [0.29, 0.717) is 0 Å². The standard InChI is InChI=1S/C15H22ClNOS/c1-5-6-14(17-19(18)15(2,3)4)11-12-7-9-13(16)10-8-12/h5,7-10,14,17H,1,6,11H2,2-4H3/t14-,19+/m1/s1. The number of nitrogens with one attached hydrogen (secondary N) is 1. The van der Waals surface area contributed by atoms with Crippen LogP contribution in [0.4, 0.5) is 0 Å². The molecule has 1 aromatic carbocycles. The van der Waals surface area contributed by atoms with Crippen LogP contribution < -0.4 is 4.72 Å². The summed E-state index contributed by atoms with van der Waals surface area (Å²) in [6.07, 6.45) is 3.45. The Labute approximate surface area is 123 Å². The molecule has 1 rings (SSSR count). The first kappa shape index (κ1) is 16.4. The van der Waals surface area contributed by atoms with Crippen molar-refractivity contribution in [3.05, 3.63) is 47.5 Å². The zero-order valence-corrected chi connectivity index (χ0v) is 13.4. The summed E-state index contributed by atoms with van der Waals surface area (Å²) in [6.45, 7) is 9.65. The quantitative estimate of drug-likeness (QED) is 0.794. The molecule has 0 saturated heterocycles. The van der Waals surface area contributed by atoms with Crippen LogP contribution in [0.25, 0.3) is 0 Å². The molecule has 2 nitrogen and oxygen atoms in total. The van der Waals surface area contributed by atoms with E-state index < -0.39 is 11.0 Å². The zero-order valence-electron chi connectivity index (χ0n) is 11.8. The van der Waals surface area contributed by atoms with Gasteiger partial charge < -0.3 is 0 Å². The third-order valence-electron chi connectivity index (χ3n) is 2.68. The van der Waals surface area contributed by atoms with Crippen LogP contribution >= 0.6 is 11.6 Å². The SMILES string of the molecule is C=CC[C@H](Cc1ccc(Cl)cc1)N[S@@](=O)C(C)(C)C. The molecule has 19 heavy (non-hydrogen) atoms. The van der Waals surface area contributed by atoms with Crippen LogP contribution in [0.3, 0.4) is 0 Å². The van der Waals surface area contributed by atoms with E-state index in [9.17, 15) is 4.21 Å². The van der Waals surface area contributed by atoms with Crippen molar-refractivity contribution in [2.24, 2.45) is 0 Å². The van der Waals surface area contributed by atoms with Gasteiger partial charge >= 0.3 is 0 Å². The largest absolute Gasteiger partial charge is 0.242 e. The smallest absolute Gasteiger partial charge is 0.0972 e. The highest BCUT2D eigenvalue weighted by Crippen LogP contribution is 2.15. The van der Waals surface area contributed by atoms with Gasteiger partial charge in [0.25, 0.3) is 0 Å². The van der Waals surface area contributed by atoms with Gasteiger partial charge in [-0.2, -0.15) is 0 Å². The Morgan fingerprint density at radius 1 is 1.37 bits per heavy atom. The first-order valence-corrected chi connectivity index (χ1v) is 7.89. The highest BCUT2D eigenvalue weighted by atomic mass is 35.5. The van der Waals surface area contributed by atoms with Gasteiger partial charge in [-0.25, -0.2) is 8.93 Å². The number of hydrogen-bond acceptors (Lipinski definition) is 1. The number of benzene rings is 1. The van der Waals surface area contributed by atoms with Crippen molar-refractivity contribution in [1.82, 2.24) is 4.72 Å². The van der Waals surface area contributed by atoms with Gasteiger partial charge in [-0.1, -0.05) is 29.8 Å². The van der Waals surface area contributed by atoms with Crippen molar-refractivity contribution < 1.29 is 4.21 Å². The fourth-order valence-electron chi connectivity index (χ4n) is 1.61. The number of hydrogen-bond donors (Lipinski definition) is 1. The lowest BCUT2D eigenvalue weighted by Gasteiger charge is -2.23. The molecule has 1 N–H and O–H groups in total. The van der Waals surface area contributed by atoms with Crippen molar-refractivity contribution in [2.45, 2.75) is 44.4 Å². The fourth-order valence-corrected chi connectivity index (χ4v) is 2.57. The molecule has 0 heterocycles. The summed E-state index contributed by atoms with van der Waals surface area (Å²) in [4.78, 5) is 0. The topological polar surface area (TPSA) is 29.1 Å². The third kappa shape index (κ3) is 5.89. The summed E-state index contributed by atoms with van der Waals surface area (Å²) in [6, 6.07) is 7.88. The van der Waals surface area contributed by atoms with Crippen LogP contribution in [0.1, 0.15) is 32.8 Å². The Balaban J connectivity index is 2.70. The molecular weight excluding hydrogens is 278 g/mol. The molecule has 0 spiro atoms. The predicted molar refractivity (Wildman–Crippen MR) is 84.8 cm³/mol. The minimum absolute atomic E-state index is 0.124. The molecule has 2 atom stereocenters. The molecule has 0 radical (unpaired) electrons. The monoisotopic (exact) mass is 299 g/mol. The second-order valence-corrected chi connectivity index (χ2v) is 7.99. The molecular formula is C15H22ClNOS. The van der Waals surface area contributed by atoms with Crippen LogP contribution in [0.15, 0.2) is 36.9 Å². The Bertz CT molecular complexity index is 436. The molecule has 0 amide bonds. The van der Waals surface area contributed by atoms with E-state index in [-0.39, 0.29) is 10.8 Å². The van der Waals surface area contributed by atoms with Gasteiger partial charge in [-0.05, 0) is 51.3 Å². The first-order chi connectivity index (χ1) is 8.82. The fraction of sp³-hybridized carbons (Fsp3) is 0.467. The van der Waals surface area contributed by atoms with Crippen LogP contribution in [0.2, 0.25) is 5.02 Å². The molecule has 0 aliphatic heterocycles. The van der Waals surface area contributed by atoms with Crippen molar-refractivity contribution >= 4 is 22.6 Å². The van der Waals surface area contributed by atoms with Crippen LogP contribution in [-0.4, -0.2) is 15.0 Å². The lowest BCUT2D eigenvalue weighted by molar-refractivity contribution is 0.583. The molecule has 106 valence electrons. The van der Waals surface area contributed by atoms with Gasteiger partial charge in [0, 0.05) is 11.1 Å². The molecule has 1 aromatic rings. The van der Waals surface area contributed by atoms with E-state index in [1.165, 1.54) is 5.56 Å². The average molecular weight is 300 g/mol. The molecule has 0 saturated carbocycles. The van der Waals surface area contributed by atoms with Crippen LogP contribution in [0, 0.1) is 0 Å². The maximum Gasteiger partial charge on any atom is 0.0972 e. The Morgan fingerprint density at radius 2 is 1.95 bits per heavy atom. The van der Waals surface area contributed by atoms with Gasteiger partial charge in [0.05, 0.1) is 15.7 Å². The van der Waals surface area contributed by atoms with Gasteiger partial charge in [-0.15, -0.1) is 6.58 Å². The minimum Gasteiger partial charge on any atom is -0.242 e. The van der Waals surface area contributed by atoms with Crippen molar-refractivity contribution in [2.75, 3.05) is 0 Å². The summed E-state index contributed by atoms with van der Waals surface area (Å²) in [7, 11) is -1.07. The average Bonchev–Trinajstić information content (AvgIpc) is 2.31. The lowest BCUT2D eigenvalue weighted by Crippen LogP contribution is -2.40. The Morgan fingerprint density at radius 3 is 2.42 bits per heavy atom. The van der Waals surface area contributed by atoms with E-state index >= 15 is 0 Å². The van der Waals surface area contributed by atoms with Gasteiger partial charge in [0.1, 0.15) is 0 Å². The Hall–Kier alpha value is -0.640. The summed E-state index contributed by atoms with van der Waals surface area (Å²) < 4.78 is 15.1. The second-order valence-electron chi connectivity index (χ2n) is 5.55. The van der Waals surface area contributed by atoms with Crippen LogP contribution in [0.5, 0.6) is 0 Å². The normalized spacial score (nSPS) is 14.9. The number of rotatable bonds is 6. The first-order valence-electron chi connectivity index (χ1n) is 6.36. The maximum atomic E-state index is 12.1. The number of halogens is 1. The van der Waals surface area contributed by atoms with E-state index in [1.807, 2.05) is 51.1 Å². The molecule has 0 unspecified atom stereocenters. The maximum absolute atomic E-state index is 12.1. The zero-order chi connectivity index (χ0) is 14.5. The predicted octanol–water partition coefficient (Wildman–Crippen LogP) is 3.88. The minimum atomic E-state index is -1.07. The van der Waals surface area contributed by atoms with Crippen molar-refractivity contribution in [3.8, 4) is 0 Å². The van der Waals surface area contributed by atoms with Gasteiger partial charge in [0.2, 0.25) is 0 Å². The van der Waals surface area contributed by atoms with Crippen molar-refractivity contribution in [1.29, 1.82) is 0 Å². The molecule has 0 aliphatic rings. The lowest BCUT2D eigenvalue weighted by atomic mass is 10.0. The van der Waals surface area contributed by atoms with Gasteiger partial charge in [0.15, 0.2) is 0 Å². The highest BCUT2D eigenvalue weighted by molar-refractivity contribution is 7.84. The van der Waals surface area contributed by atoms with E-state index in [0.717, 1.165) is 17.9 Å². The molecule has 0 bridgehead atoms. The molecule has 0 aromatic heterocycles. The molecule has 0 aliphatic carbocycles. The molecule has 0 fully saturated rings. The molecule has 4 heteroatoms. The van der Waals surface area contributed by atoms with Gasteiger partial charge in [-0.3, -0.25) is 0 Å². The summed E-state index contributed by atoms with van der Waals surface area (Å²) in [5.41, 5.74) is 1.18. The summed E-state index contributed by atoms with van der Waals surface area (Å²) in [5.74, 6) is 0. The summed E-state index contributed by atoms with van der Waals surface area (Å²) in [5, 5.41) is 0.732. The van der Waals surface area contributed by atoms with E-state index in [4.69, 9.17) is 11.6 Å². The van der Waals surface area contributed by atoms with E-state index in [1.54, 1.807) is 0 Å². The summed E-state index contributed by atoms with van der Waals surface area (Å²) >= 11 is 5.87.